The zero-order valence-corrected chi connectivity index (χ0v) is 13.2. The van der Waals surface area contributed by atoms with Gasteiger partial charge in [-0.15, -0.1) is 0 Å². The lowest BCUT2D eigenvalue weighted by atomic mass is 9.92. The summed E-state index contributed by atoms with van der Waals surface area (Å²) in [7, 11) is 0. The van der Waals surface area contributed by atoms with Crippen LogP contribution in [0.15, 0.2) is 53.3 Å². The van der Waals surface area contributed by atoms with E-state index in [2.05, 4.69) is 18.2 Å². The maximum absolute atomic E-state index is 12.9. The summed E-state index contributed by atoms with van der Waals surface area (Å²) in [4.78, 5) is 12.9. The molecule has 1 aliphatic heterocycles. The fourth-order valence-electron chi connectivity index (χ4n) is 3.96. The Bertz CT molecular complexity index is 1170. The number of hydrogen-bond acceptors (Lipinski definition) is 1. The number of pyridine rings is 1. The van der Waals surface area contributed by atoms with Gasteiger partial charge in [-0.3, -0.25) is 4.79 Å². The largest absolute Gasteiger partial charge is 0.307 e. The molecule has 23 heavy (non-hydrogen) atoms. The van der Waals surface area contributed by atoms with Crippen LogP contribution in [0.3, 0.4) is 0 Å². The number of fused-ring (bicyclic) bond motifs is 4. The van der Waals surface area contributed by atoms with Crippen LogP contribution in [0.5, 0.6) is 0 Å². The SMILES string of the molecule is O=c1c2ccccc2c2c3cc(Cl)ccc3cc3c2n1CCC3. The van der Waals surface area contributed by atoms with Crippen molar-refractivity contribution in [2.75, 3.05) is 0 Å². The molecule has 0 unspecified atom stereocenters. The third-order valence-corrected chi connectivity index (χ3v) is 5.16. The average Bonchev–Trinajstić information content (AvgIpc) is 2.58. The Morgan fingerprint density at radius 2 is 1.78 bits per heavy atom. The highest BCUT2D eigenvalue weighted by Gasteiger charge is 2.19. The Labute approximate surface area is 137 Å². The van der Waals surface area contributed by atoms with Crippen LogP contribution in [0.1, 0.15) is 12.0 Å². The van der Waals surface area contributed by atoms with E-state index >= 15 is 0 Å². The van der Waals surface area contributed by atoms with Crippen molar-refractivity contribution in [3.8, 4) is 0 Å². The summed E-state index contributed by atoms with van der Waals surface area (Å²) >= 11 is 6.26. The zero-order chi connectivity index (χ0) is 15.6. The number of benzene rings is 3. The van der Waals surface area contributed by atoms with E-state index in [9.17, 15) is 4.79 Å². The lowest BCUT2D eigenvalue weighted by molar-refractivity contribution is 0.620. The molecule has 0 aliphatic carbocycles. The topological polar surface area (TPSA) is 22.0 Å². The fraction of sp³-hybridized carbons (Fsp3) is 0.150. The molecule has 2 heterocycles. The molecule has 0 bridgehead atoms. The molecule has 0 saturated carbocycles. The van der Waals surface area contributed by atoms with Crippen LogP contribution in [-0.4, -0.2) is 4.57 Å². The number of aromatic nitrogens is 1. The van der Waals surface area contributed by atoms with Crippen LogP contribution >= 0.6 is 11.6 Å². The molecule has 4 aromatic rings. The molecule has 2 nitrogen and oxygen atoms in total. The van der Waals surface area contributed by atoms with E-state index in [1.165, 1.54) is 10.9 Å². The van der Waals surface area contributed by atoms with Gasteiger partial charge in [-0.25, -0.2) is 0 Å². The van der Waals surface area contributed by atoms with Crippen LogP contribution < -0.4 is 5.56 Å². The zero-order valence-electron chi connectivity index (χ0n) is 12.5. The standard InChI is InChI=1S/C20H14ClNO/c21-14-8-7-12-10-13-4-3-9-22-19(13)18(17(12)11-14)15-5-1-2-6-16(15)20(22)23/h1-2,5-8,10-11H,3-4,9H2. The summed E-state index contributed by atoms with van der Waals surface area (Å²) in [6.45, 7) is 0.791. The summed E-state index contributed by atoms with van der Waals surface area (Å²) < 4.78 is 1.96. The average molecular weight is 320 g/mol. The predicted molar refractivity (Wildman–Crippen MR) is 96.6 cm³/mol. The van der Waals surface area contributed by atoms with Gasteiger partial charge >= 0.3 is 0 Å². The van der Waals surface area contributed by atoms with Crippen molar-refractivity contribution < 1.29 is 0 Å². The van der Waals surface area contributed by atoms with Crippen LogP contribution in [0.2, 0.25) is 5.02 Å². The molecular weight excluding hydrogens is 306 g/mol. The Morgan fingerprint density at radius 1 is 0.957 bits per heavy atom. The van der Waals surface area contributed by atoms with Crippen LogP contribution in [0, 0.1) is 0 Å². The second kappa shape index (κ2) is 4.59. The fourth-order valence-corrected chi connectivity index (χ4v) is 4.13. The molecule has 0 amide bonds. The maximum atomic E-state index is 12.9. The number of aryl methyl sites for hydroxylation is 2. The lowest BCUT2D eigenvalue weighted by Gasteiger charge is -2.22. The van der Waals surface area contributed by atoms with Gasteiger partial charge in [0.05, 0.1) is 5.52 Å². The van der Waals surface area contributed by atoms with Crippen molar-refractivity contribution in [2.24, 2.45) is 0 Å². The van der Waals surface area contributed by atoms with Gasteiger partial charge in [0.2, 0.25) is 0 Å². The van der Waals surface area contributed by atoms with Gasteiger partial charge in [0.15, 0.2) is 0 Å². The van der Waals surface area contributed by atoms with Gasteiger partial charge < -0.3 is 4.57 Å². The molecule has 1 aromatic heterocycles. The first-order valence-electron chi connectivity index (χ1n) is 7.90. The minimum Gasteiger partial charge on any atom is -0.307 e. The predicted octanol–water partition coefficient (Wildman–Crippen LogP) is 4.91. The van der Waals surface area contributed by atoms with E-state index < -0.39 is 0 Å². The second-order valence-corrected chi connectivity index (χ2v) is 6.67. The Morgan fingerprint density at radius 3 is 2.65 bits per heavy atom. The summed E-state index contributed by atoms with van der Waals surface area (Å²) in [6.07, 6.45) is 2.03. The quantitative estimate of drug-likeness (QED) is 0.422. The summed E-state index contributed by atoms with van der Waals surface area (Å²) in [5.41, 5.74) is 2.48. The van der Waals surface area contributed by atoms with E-state index in [0.29, 0.717) is 0 Å². The van der Waals surface area contributed by atoms with Crippen LogP contribution in [-0.2, 0) is 13.0 Å². The lowest BCUT2D eigenvalue weighted by Crippen LogP contribution is -2.24. The van der Waals surface area contributed by atoms with Crippen molar-refractivity contribution in [1.82, 2.24) is 4.57 Å². The van der Waals surface area contributed by atoms with E-state index in [0.717, 1.165) is 51.5 Å². The minimum absolute atomic E-state index is 0.121. The van der Waals surface area contributed by atoms with E-state index in [1.54, 1.807) is 0 Å². The van der Waals surface area contributed by atoms with Gasteiger partial charge in [-0.1, -0.05) is 35.9 Å². The number of hydrogen-bond donors (Lipinski definition) is 0. The van der Waals surface area contributed by atoms with Crippen molar-refractivity contribution in [1.29, 1.82) is 0 Å². The summed E-state index contributed by atoms with van der Waals surface area (Å²) in [6, 6.07) is 16.2. The van der Waals surface area contributed by atoms with Gasteiger partial charge in [0.1, 0.15) is 0 Å². The Kier molecular flexibility index (Phi) is 2.62. The number of halogens is 1. The Balaban J connectivity index is 2.21. The highest BCUT2D eigenvalue weighted by atomic mass is 35.5. The molecule has 0 radical (unpaired) electrons. The second-order valence-electron chi connectivity index (χ2n) is 6.23. The first-order valence-corrected chi connectivity index (χ1v) is 8.28. The molecular formula is C20H14ClNO. The third-order valence-electron chi connectivity index (χ3n) is 4.93. The molecule has 0 spiro atoms. The van der Waals surface area contributed by atoms with Crippen LogP contribution in [0.4, 0.5) is 0 Å². The molecule has 0 fully saturated rings. The minimum atomic E-state index is 0.121. The van der Waals surface area contributed by atoms with Gasteiger partial charge in [0.25, 0.3) is 5.56 Å². The smallest absolute Gasteiger partial charge is 0.258 e. The van der Waals surface area contributed by atoms with E-state index in [1.807, 2.05) is 34.9 Å². The highest BCUT2D eigenvalue weighted by molar-refractivity contribution is 6.32. The molecule has 112 valence electrons. The van der Waals surface area contributed by atoms with E-state index in [4.69, 9.17) is 11.6 Å². The van der Waals surface area contributed by atoms with Crippen LogP contribution in [0.25, 0.3) is 32.4 Å². The summed E-state index contributed by atoms with van der Waals surface area (Å²) in [5, 5.41) is 6.03. The van der Waals surface area contributed by atoms with Gasteiger partial charge in [-0.2, -0.15) is 0 Å². The van der Waals surface area contributed by atoms with Gasteiger partial charge in [-0.05, 0) is 58.8 Å². The molecule has 1 aliphatic rings. The molecule has 5 rings (SSSR count). The molecule has 0 N–H and O–H groups in total. The van der Waals surface area contributed by atoms with Crippen molar-refractivity contribution in [3.05, 3.63) is 69.5 Å². The number of rotatable bonds is 0. The van der Waals surface area contributed by atoms with Crippen molar-refractivity contribution in [2.45, 2.75) is 19.4 Å². The number of nitrogens with zero attached hydrogens (tertiary/aromatic N) is 1. The first kappa shape index (κ1) is 13.1. The first-order chi connectivity index (χ1) is 11.2. The molecule has 0 atom stereocenters. The van der Waals surface area contributed by atoms with Gasteiger partial charge in [0, 0.05) is 22.3 Å². The Hall–Kier alpha value is -2.32. The third kappa shape index (κ3) is 1.73. The van der Waals surface area contributed by atoms with Crippen molar-refractivity contribution >= 4 is 44.0 Å². The monoisotopic (exact) mass is 319 g/mol. The normalized spacial score (nSPS) is 14.0. The van der Waals surface area contributed by atoms with Crippen molar-refractivity contribution in [3.63, 3.8) is 0 Å². The highest BCUT2D eigenvalue weighted by Crippen LogP contribution is 2.36. The maximum Gasteiger partial charge on any atom is 0.258 e. The molecule has 3 aromatic carbocycles. The molecule has 0 saturated heterocycles. The van der Waals surface area contributed by atoms with E-state index in [-0.39, 0.29) is 5.56 Å². The molecule has 3 heteroatoms. The summed E-state index contributed by atoms with van der Waals surface area (Å²) in [5.74, 6) is 0.